The zero-order chi connectivity index (χ0) is 22.5. The molecule has 2 saturated heterocycles. The van der Waals surface area contributed by atoms with E-state index in [9.17, 15) is 4.79 Å². The second-order valence-corrected chi connectivity index (χ2v) is 10.6. The molecule has 0 radical (unpaired) electrons. The maximum atomic E-state index is 12.4. The lowest BCUT2D eigenvalue weighted by Gasteiger charge is -2.35. The van der Waals surface area contributed by atoms with Crippen molar-refractivity contribution in [1.82, 2.24) is 10.2 Å². The first kappa shape index (κ1) is 22.9. The number of hydrogen-bond acceptors (Lipinski definition) is 4. The van der Waals surface area contributed by atoms with Gasteiger partial charge in [-0.2, -0.15) is 0 Å². The predicted octanol–water partition coefficient (Wildman–Crippen LogP) is 5.49. The molecule has 2 aliphatic heterocycles. The molecule has 1 amide bonds. The maximum Gasteiger partial charge on any atom is 0.220 e. The largest absolute Gasteiger partial charge is 0.464 e. The van der Waals surface area contributed by atoms with Gasteiger partial charge in [0.1, 0.15) is 5.58 Å². The van der Waals surface area contributed by atoms with E-state index in [1.807, 2.05) is 6.26 Å². The summed E-state index contributed by atoms with van der Waals surface area (Å²) in [5, 5.41) is 4.63. The fraction of sp³-hybridized carbons (Fsp3) is 0.679. The highest BCUT2D eigenvalue weighted by Gasteiger charge is 2.26. The van der Waals surface area contributed by atoms with Crippen molar-refractivity contribution >= 4 is 16.9 Å². The van der Waals surface area contributed by atoms with Crippen molar-refractivity contribution in [2.24, 2.45) is 11.8 Å². The van der Waals surface area contributed by atoms with Crippen molar-refractivity contribution in [3.63, 3.8) is 0 Å². The van der Waals surface area contributed by atoms with Crippen LogP contribution in [0.1, 0.15) is 75.7 Å². The number of benzene rings is 1. The molecule has 0 atom stereocenters. The number of nitrogens with zero attached hydrogens (tertiary/aromatic N) is 1. The van der Waals surface area contributed by atoms with E-state index >= 15 is 0 Å². The Hall–Kier alpha value is -1.85. The van der Waals surface area contributed by atoms with Gasteiger partial charge in [-0.1, -0.05) is 12.1 Å². The van der Waals surface area contributed by atoms with Gasteiger partial charge in [0.25, 0.3) is 0 Å². The molecule has 1 aromatic heterocycles. The van der Waals surface area contributed by atoms with Gasteiger partial charge >= 0.3 is 0 Å². The molecule has 180 valence electrons. The van der Waals surface area contributed by atoms with E-state index in [4.69, 9.17) is 9.15 Å². The summed E-state index contributed by atoms with van der Waals surface area (Å²) in [5.74, 6) is 2.26. The van der Waals surface area contributed by atoms with Gasteiger partial charge in [-0.25, -0.2) is 0 Å². The molecule has 1 aliphatic carbocycles. The molecule has 5 nitrogen and oxygen atoms in total. The third-order valence-corrected chi connectivity index (χ3v) is 8.44. The Morgan fingerprint density at radius 2 is 1.73 bits per heavy atom. The number of ether oxygens (including phenoxy) is 1. The molecule has 2 aromatic rings. The zero-order valence-corrected chi connectivity index (χ0v) is 20.0. The number of amides is 1. The number of likely N-dealkylation sites (tertiary alicyclic amines) is 1. The second kappa shape index (κ2) is 11.1. The minimum Gasteiger partial charge on any atom is -0.464 e. The Morgan fingerprint density at radius 3 is 2.52 bits per heavy atom. The molecular weight excluding hydrogens is 412 g/mol. The normalized spacial score (nSPS) is 25.9. The monoisotopic (exact) mass is 452 g/mol. The third kappa shape index (κ3) is 5.99. The number of piperidine rings is 1. The number of carbonyl (C=O) groups is 1. The standard InChI is InChI=1S/C28H40N2O3/c31-28(20-22-11-17-32-18-12-22)29-24-6-4-21(5-7-24)8-14-30-15-9-23(10-16-30)25-2-1-3-27-26(25)13-19-33-27/h1-3,13,19,21-24H,4-12,14-18,20H2,(H,29,31)/t21-,24-. The summed E-state index contributed by atoms with van der Waals surface area (Å²) >= 11 is 0. The molecule has 0 bridgehead atoms. The summed E-state index contributed by atoms with van der Waals surface area (Å²) in [6.07, 6.45) is 13.2. The molecular formula is C28H40N2O3. The summed E-state index contributed by atoms with van der Waals surface area (Å²) in [7, 11) is 0. The van der Waals surface area contributed by atoms with Gasteiger partial charge < -0.3 is 19.4 Å². The Morgan fingerprint density at radius 1 is 0.939 bits per heavy atom. The number of hydrogen-bond donors (Lipinski definition) is 1. The fourth-order valence-electron chi connectivity index (χ4n) is 6.30. The maximum absolute atomic E-state index is 12.4. The Labute approximate surface area is 198 Å². The second-order valence-electron chi connectivity index (χ2n) is 10.6. The van der Waals surface area contributed by atoms with Gasteiger partial charge in [0.15, 0.2) is 0 Å². The van der Waals surface area contributed by atoms with Gasteiger partial charge in [-0.05, 0) is 113 Å². The Bertz CT molecular complexity index is 887. The van der Waals surface area contributed by atoms with Crippen LogP contribution in [0.25, 0.3) is 11.0 Å². The smallest absolute Gasteiger partial charge is 0.220 e. The highest BCUT2D eigenvalue weighted by Crippen LogP contribution is 2.34. The van der Waals surface area contributed by atoms with Gasteiger partial charge in [0, 0.05) is 31.1 Å². The Kier molecular flexibility index (Phi) is 7.67. The van der Waals surface area contributed by atoms with Gasteiger partial charge in [-0.15, -0.1) is 0 Å². The minimum atomic E-state index is 0.263. The van der Waals surface area contributed by atoms with Crippen molar-refractivity contribution in [3.05, 3.63) is 36.1 Å². The quantitative estimate of drug-likeness (QED) is 0.603. The summed E-state index contributed by atoms with van der Waals surface area (Å²) in [4.78, 5) is 15.1. The summed E-state index contributed by atoms with van der Waals surface area (Å²) in [6, 6.07) is 9.02. The highest BCUT2D eigenvalue weighted by atomic mass is 16.5. The predicted molar refractivity (Wildman–Crippen MR) is 131 cm³/mol. The van der Waals surface area contributed by atoms with E-state index in [1.54, 1.807) is 0 Å². The number of carbonyl (C=O) groups excluding carboxylic acids is 1. The van der Waals surface area contributed by atoms with Crippen LogP contribution in [-0.4, -0.2) is 49.7 Å². The molecule has 0 spiro atoms. The first-order valence-electron chi connectivity index (χ1n) is 13.3. The number of fused-ring (bicyclic) bond motifs is 1. The van der Waals surface area contributed by atoms with Crippen molar-refractivity contribution in [2.45, 2.75) is 76.2 Å². The SMILES string of the molecule is O=C(CC1CCOCC1)N[C@H]1CC[C@H](CCN2CCC(c3cccc4occc34)CC2)CC1. The summed E-state index contributed by atoms with van der Waals surface area (Å²) < 4.78 is 11.0. The topological polar surface area (TPSA) is 54.7 Å². The van der Waals surface area contributed by atoms with Crippen LogP contribution in [0.3, 0.4) is 0 Å². The van der Waals surface area contributed by atoms with E-state index in [0.29, 0.717) is 24.3 Å². The van der Waals surface area contributed by atoms with Gasteiger partial charge in [-0.3, -0.25) is 4.79 Å². The lowest BCUT2D eigenvalue weighted by molar-refractivity contribution is -0.123. The van der Waals surface area contributed by atoms with Crippen LogP contribution in [0.2, 0.25) is 0 Å². The van der Waals surface area contributed by atoms with E-state index in [-0.39, 0.29) is 5.91 Å². The molecule has 3 aliphatic rings. The van der Waals surface area contributed by atoms with Crippen molar-refractivity contribution in [2.75, 3.05) is 32.8 Å². The number of rotatable bonds is 7. The average Bonchev–Trinajstić information content (AvgIpc) is 3.34. The molecule has 3 fully saturated rings. The van der Waals surface area contributed by atoms with E-state index in [0.717, 1.165) is 50.4 Å². The van der Waals surface area contributed by atoms with Crippen molar-refractivity contribution in [3.8, 4) is 0 Å². The van der Waals surface area contributed by atoms with Gasteiger partial charge in [0.05, 0.1) is 6.26 Å². The van der Waals surface area contributed by atoms with Crippen molar-refractivity contribution in [1.29, 1.82) is 0 Å². The molecule has 33 heavy (non-hydrogen) atoms. The molecule has 0 unspecified atom stereocenters. The van der Waals surface area contributed by atoms with Crippen LogP contribution >= 0.6 is 0 Å². The Balaban J connectivity index is 0.989. The zero-order valence-electron chi connectivity index (χ0n) is 20.0. The van der Waals surface area contributed by atoms with Crippen LogP contribution in [0.4, 0.5) is 0 Å². The third-order valence-electron chi connectivity index (χ3n) is 8.44. The molecule has 5 rings (SSSR count). The van der Waals surface area contributed by atoms with E-state index in [1.165, 1.54) is 62.7 Å². The van der Waals surface area contributed by atoms with E-state index < -0.39 is 0 Å². The minimum absolute atomic E-state index is 0.263. The number of furan rings is 1. The lowest BCUT2D eigenvalue weighted by Crippen LogP contribution is -2.39. The molecule has 5 heteroatoms. The molecule has 3 heterocycles. The van der Waals surface area contributed by atoms with Crippen LogP contribution in [0, 0.1) is 11.8 Å². The summed E-state index contributed by atoms with van der Waals surface area (Å²) in [6.45, 7) is 5.28. The molecule has 1 saturated carbocycles. The molecule has 1 aromatic carbocycles. The highest BCUT2D eigenvalue weighted by molar-refractivity contribution is 5.81. The van der Waals surface area contributed by atoms with Crippen LogP contribution < -0.4 is 5.32 Å². The van der Waals surface area contributed by atoms with Crippen LogP contribution in [0.5, 0.6) is 0 Å². The number of nitrogens with one attached hydrogen (secondary N) is 1. The van der Waals surface area contributed by atoms with Gasteiger partial charge in [0.2, 0.25) is 5.91 Å². The first-order valence-corrected chi connectivity index (χ1v) is 13.3. The first-order chi connectivity index (χ1) is 16.2. The molecule has 1 N–H and O–H groups in total. The van der Waals surface area contributed by atoms with Crippen LogP contribution in [-0.2, 0) is 9.53 Å². The average molecular weight is 453 g/mol. The van der Waals surface area contributed by atoms with E-state index in [2.05, 4.69) is 34.5 Å². The lowest BCUT2D eigenvalue weighted by atomic mass is 9.83. The van der Waals surface area contributed by atoms with Crippen LogP contribution in [0.15, 0.2) is 34.9 Å². The summed E-state index contributed by atoms with van der Waals surface area (Å²) in [5.41, 5.74) is 2.49. The van der Waals surface area contributed by atoms with Crippen molar-refractivity contribution < 1.29 is 13.9 Å². The fourth-order valence-corrected chi connectivity index (χ4v) is 6.30.